The van der Waals surface area contributed by atoms with Gasteiger partial charge in [-0.2, -0.15) is 0 Å². The molecule has 12 nitrogen and oxygen atoms in total. The second-order valence-corrected chi connectivity index (χ2v) is 9.50. The number of nitrogens with one attached hydrogen (secondary N) is 2. The normalized spacial score (nSPS) is 19.6. The highest BCUT2D eigenvalue weighted by Gasteiger charge is 2.39. The van der Waals surface area contributed by atoms with Crippen molar-refractivity contribution in [2.75, 3.05) is 20.2 Å². The smallest absolute Gasteiger partial charge is 0.308 e. The van der Waals surface area contributed by atoms with Gasteiger partial charge in [0.25, 0.3) is 0 Å². The molecular weight excluding hydrogens is 468 g/mol. The number of hydrogen-bond acceptors (Lipinski definition) is 7. The maximum atomic E-state index is 13.4. The number of methoxy groups -OCH3 is 1. The summed E-state index contributed by atoms with van der Waals surface area (Å²) >= 11 is 0. The van der Waals surface area contributed by atoms with Gasteiger partial charge in [0.2, 0.25) is 17.7 Å². The van der Waals surface area contributed by atoms with Crippen molar-refractivity contribution in [3.63, 3.8) is 0 Å². The Hall–Kier alpha value is -3.18. The zero-order chi connectivity index (χ0) is 26.5. The summed E-state index contributed by atoms with van der Waals surface area (Å²) in [6.07, 6.45) is 7.74. The lowest BCUT2D eigenvalue weighted by Crippen LogP contribution is -2.55. The van der Waals surface area contributed by atoms with Gasteiger partial charge < -0.3 is 36.5 Å². The van der Waals surface area contributed by atoms with Crippen LogP contribution >= 0.6 is 0 Å². The predicted molar refractivity (Wildman–Crippen MR) is 132 cm³/mol. The van der Waals surface area contributed by atoms with Gasteiger partial charge >= 0.3 is 5.97 Å². The van der Waals surface area contributed by atoms with E-state index in [9.17, 15) is 24.0 Å². The second kappa shape index (κ2) is 15.0. The third kappa shape index (κ3) is 9.46. The Labute approximate surface area is 211 Å². The Morgan fingerprint density at radius 1 is 1.08 bits per heavy atom. The summed E-state index contributed by atoms with van der Waals surface area (Å²) in [5, 5.41) is 5.39. The Kier molecular flexibility index (Phi) is 12.1. The van der Waals surface area contributed by atoms with Crippen LogP contribution in [0.3, 0.4) is 0 Å². The molecule has 0 unspecified atom stereocenters. The molecule has 1 heterocycles. The first-order valence-electron chi connectivity index (χ1n) is 12.7. The SMILES string of the molecule is COC(=O)C[C@@H](NC(=O)CC1CCCCC1)C(=O)N1CCC[C@H]1C(=O)N[C@@H](C=O)CCCN=C(N)N. The number of hydrogen-bond donors (Lipinski definition) is 4. The molecule has 1 saturated carbocycles. The first kappa shape index (κ1) is 29.1. The summed E-state index contributed by atoms with van der Waals surface area (Å²) in [5.41, 5.74) is 10.6. The molecule has 0 aromatic carbocycles. The minimum Gasteiger partial charge on any atom is -0.469 e. The highest BCUT2D eigenvalue weighted by Crippen LogP contribution is 2.26. The van der Waals surface area contributed by atoms with Crippen LogP contribution in [0.2, 0.25) is 0 Å². The van der Waals surface area contributed by atoms with E-state index in [-0.39, 0.29) is 24.2 Å². The maximum absolute atomic E-state index is 13.4. The number of amides is 3. The van der Waals surface area contributed by atoms with Gasteiger partial charge in [-0.25, -0.2) is 0 Å². The number of nitrogens with two attached hydrogens (primary N) is 2. The Bertz CT molecular complexity index is 809. The largest absolute Gasteiger partial charge is 0.469 e. The molecular formula is C24H40N6O6. The van der Waals surface area contributed by atoms with E-state index in [1.807, 2.05) is 0 Å². The number of rotatable bonds is 13. The second-order valence-electron chi connectivity index (χ2n) is 9.50. The molecule has 6 N–H and O–H groups in total. The third-order valence-corrected chi connectivity index (χ3v) is 6.73. The third-order valence-electron chi connectivity index (χ3n) is 6.73. The summed E-state index contributed by atoms with van der Waals surface area (Å²) in [6, 6.07) is -2.67. The van der Waals surface area contributed by atoms with Gasteiger partial charge in [-0.1, -0.05) is 19.3 Å². The molecule has 0 aromatic rings. The minimum atomic E-state index is -1.12. The van der Waals surface area contributed by atoms with Gasteiger partial charge in [0.15, 0.2) is 5.96 Å². The average molecular weight is 509 g/mol. The first-order chi connectivity index (χ1) is 17.2. The number of ether oxygens (including phenoxy) is 1. The van der Waals surface area contributed by atoms with Crippen LogP contribution in [0.25, 0.3) is 0 Å². The highest BCUT2D eigenvalue weighted by molar-refractivity contribution is 5.95. The lowest BCUT2D eigenvalue weighted by Gasteiger charge is -2.29. The van der Waals surface area contributed by atoms with Gasteiger partial charge in [0, 0.05) is 19.5 Å². The van der Waals surface area contributed by atoms with E-state index in [2.05, 4.69) is 15.6 Å². The van der Waals surface area contributed by atoms with Crippen molar-refractivity contribution in [2.24, 2.45) is 22.4 Å². The van der Waals surface area contributed by atoms with Crippen LogP contribution < -0.4 is 22.1 Å². The minimum absolute atomic E-state index is 0.0471. The van der Waals surface area contributed by atoms with Crippen LogP contribution in [-0.4, -0.2) is 79.2 Å². The Balaban J connectivity index is 2.01. The van der Waals surface area contributed by atoms with Crippen LogP contribution in [0.1, 0.15) is 70.6 Å². The number of carbonyl (C=O) groups is 5. The lowest BCUT2D eigenvalue weighted by molar-refractivity contribution is -0.147. The molecule has 2 rings (SSSR count). The number of guanidine groups is 1. The number of nitrogens with zero attached hydrogens (tertiary/aromatic N) is 2. The van der Waals surface area contributed by atoms with Crippen molar-refractivity contribution < 1.29 is 28.7 Å². The van der Waals surface area contributed by atoms with Crippen LogP contribution in [0.5, 0.6) is 0 Å². The molecule has 202 valence electrons. The van der Waals surface area contributed by atoms with E-state index < -0.39 is 35.9 Å². The summed E-state index contributed by atoms with van der Waals surface area (Å²) in [4.78, 5) is 67.7. The molecule has 0 radical (unpaired) electrons. The number of carbonyl (C=O) groups excluding carboxylic acids is 5. The fraction of sp³-hybridized carbons (Fsp3) is 0.750. The molecule has 3 atom stereocenters. The van der Waals surface area contributed by atoms with Gasteiger partial charge in [0.1, 0.15) is 18.4 Å². The standard InChI is InChI=1S/C24H40N6O6/c1-36-21(33)14-18(29-20(32)13-16-7-3-2-4-8-16)23(35)30-12-6-10-19(30)22(34)28-17(15-31)9-5-11-27-24(25)26/h15-19H,2-14H2,1H3,(H,28,34)(H,29,32)(H4,25,26,27)/t17-,18-,19+/m1/s1. The van der Waals surface area contributed by atoms with E-state index in [1.165, 1.54) is 18.4 Å². The zero-order valence-corrected chi connectivity index (χ0v) is 21.1. The van der Waals surface area contributed by atoms with Crippen molar-refractivity contribution in [3.05, 3.63) is 0 Å². The number of aldehydes is 1. The summed E-state index contributed by atoms with van der Waals surface area (Å²) in [5.74, 6) is -1.66. The van der Waals surface area contributed by atoms with Crippen LogP contribution in [-0.2, 0) is 28.7 Å². The van der Waals surface area contributed by atoms with Gasteiger partial charge in [-0.3, -0.25) is 24.2 Å². The van der Waals surface area contributed by atoms with Gasteiger partial charge in [-0.05, 0) is 44.4 Å². The van der Waals surface area contributed by atoms with Gasteiger partial charge in [0.05, 0.1) is 19.6 Å². The number of aliphatic imine (C=N–C) groups is 1. The fourth-order valence-corrected chi connectivity index (χ4v) is 4.83. The number of likely N-dealkylation sites (tertiary alicyclic amines) is 1. The maximum Gasteiger partial charge on any atom is 0.308 e. The Morgan fingerprint density at radius 2 is 1.81 bits per heavy atom. The van der Waals surface area contributed by atoms with Crippen molar-refractivity contribution in [1.29, 1.82) is 0 Å². The lowest BCUT2D eigenvalue weighted by atomic mass is 9.87. The monoisotopic (exact) mass is 508 g/mol. The van der Waals surface area contributed by atoms with Crippen LogP contribution in [0, 0.1) is 5.92 Å². The first-order valence-corrected chi connectivity index (χ1v) is 12.7. The topological polar surface area (TPSA) is 186 Å². The van der Waals surface area contributed by atoms with Crippen molar-refractivity contribution in [3.8, 4) is 0 Å². The molecule has 36 heavy (non-hydrogen) atoms. The van der Waals surface area contributed by atoms with Crippen LogP contribution in [0.4, 0.5) is 0 Å². The summed E-state index contributed by atoms with van der Waals surface area (Å²) in [7, 11) is 1.21. The highest BCUT2D eigenvalue weighted by atomic mass is 16.5. The van der Waals surface area contributed by atoms with Crippen molar-refractivity contribution in [1.82, 2.24) is 15.5 Å². The predicted octanol–water partition coefficient (Wildman–Crippen LogP) is -0.267. The van der Waals surface area contributed by atoms with E-state index in [0.717, 1.165) is 25.7 Å². The molecule has 3 amide bonds. The molecule has 0 spiro atoms. The molecule has 2 aliphatic rings. The number of esters is 1. The van der Waals surface area contributed by atoms with E-state index in [0.29, 0.717) is 51.5 Å². The van der Waals surface area contributed by atoms with E-state index >= 15 is 0 Å². The van der Waals surface area contributed by atoms with Crippen LogP contribution in [0.15, 0.2) is 4.99 Å². The quantitative estimate of drug-likeness (QED) is 0.0860. The van der Waals surface area contributed by atoms with E-state index in [4.69, 9.17) is 16.2 Å². The summed E-state index contributed by atoms with van der Waals surface area (Å²) in [6.45, 7) is 0.635. The molecule has 1 aliphatic carbocycles. The average Bonchev–Trinajstić information content (AvgIpc) is 3.35. The molecule has 2 fully saturated rings. The van der Waals surface area contributed by atoms with Crippen molar-refractivity contribution >= 4 is 35.9 Å². The molecule has 0 bridgehead atoms. The van der Waals surface area contributed by atoms with Gasteiger partial charge in [-0.15, -0.1) is 0 Å². The fourth-order valence-electron chi connectivity index (χ4n) is 4.83. The Morgan fingerprint density at radius 3 is 2.44 bits per heavy atom. The summed E-state index contributed by atoms with van der Waals surface area (Å²) < 4.78 is 4.72. The molecule has 12 heteroatoms. The molecule has 1 saturated heterocycles. The molecule has 0 aromatic heterocycles. The molecule has 1 aliphatic heterocycles. The van der Waals surface area contributed by atoms with E-state index in [1.54, 1.807) is 0 Å². The zero-order valence-electron chi connectivity index (χ0n) is 21.1. The van der Waals surface area contributed by atoms with Crippen molar-refractivity contribution in [2.45, 2.75) is 88.8 Å².